The predicted molar refractivity (Wildman–Crippen MR) is 67.6 cm³/mol. The first kappa shape index (κ1) is 12.3. The second-order valence-electron chi connectivity index (χ2n) is 3.75. The number of benzene rings is 1. The summed E-state index contributed by atoms with van der Waals surface area (Å²) in [5.74, 6) is 0.595. The topological polar surface area (TPSA) is 91.3 Å². The van der Waals surface area contributed by atoms with Gasteiger partial charge < -0.3 is 10.5 Å². The number of nitro groups is 1. The molecule has 2 N–H and O–H groups in total. The average molecular weight is 247 g/mol. The number of ether oxygens (including phenoxy) is 1. The number of aromatic nitrogens is 1. The Morgan fingerprint density at radius 1 is 1.33 bits per heavy atom. The molecule has 2 rings (SSSR count). The van der Waals surface area contributed by atoms with Crippen molar-refractivity contribution < 1.29 is 9.66 Å². The van der Waals surface area contributed by atoms with Crippen LogP contribution in [0.25, 0.3) is 10.8 Å². The molecule has 0 aliphatic rings. The van der Waals surface area contributed by atoms with Crippen LogP contribution in [0.1, 0.15) is 6.42 Å². The number of pyridine rings is 1. The predicted octanol–water partition coefficient (Wildman–Crippen LogP) is 1.87. The monoisotopic (exact) mass is 247 g/mol. The first-order chi connectivity index (χ1) is 8.74. The number of rotatable bonds is 5. The molecule has 0 atom stereocenters. The van der Waals surface area contributed by atoms with Gasteiger partial charge in [-0.25, -0.2) is 0 Å². The Bertz CT molecular complexity index is 571. The van der Waals surface area contributed by atoms with Gasteiger partial charge in [0, 0.05) is 23.8 Å². The van der Waals surface area contributed by atoms with E-state index in [1.165, 1.54) is 12.3 Å². The molecule has 0 unspecified atom stereocenters. The molecule has 1 aromatic heterocycles. The highest BCUT2D eigenvalue weighted by molar-refractivity contribution is 5.94. The molecule has 0 aliphatic carbocycles. The minimum Gasteiger partial charge on any atom is -0.493 e. The van der Waals surface area contributed by atoms with E-state index in [4.69, 9.17) is 10.5 Å². The van der Waals surface area contributed by atoms with E-state index in [1.54, 1.807) is 18.3 Å². The third kappa shape index (κ3) is 2.38. The largest absolute Gasteiger partial charge is 0.493 e. The van der Waals surface area contributed by atoms with Gasteiger partial charge in [0.15, 0.2) is 0 Å². The van der Waals surface area contributed by atoms with E-state index in [0.29, 0.717) is 29.7 Å². The fourth-order valence-corrected chi connectivity index (χ4v) is 1.70. The fraction of sp³-hybridized carbons (Fsp3) is 0.250. The zero-order valence-corrected chi connectivity index (χ0v) is 9.70. The summed E-state index contributed by atoms with van der Waals surface area (Å²) < 4.78 is 5.55. The summed E-state index contributed by atoms with van der Waals surface area (Å²) in [7, 11) is 0. The van der Waals surface area contributed by atoms with Gasteiger partial charge in [0.2, 0.25) is 0 Å². The van der Waals surface area contributed by atoms with Gasteiger partial charge in [0.25, 0.3) is 5.69 Å². The second-order valence-corrected chi connectivity index (χ2v) is 3.75. The van der Waals surface area contributed by atoms with E-state index in [-0.39, 0.29) is 5.69 Å². The summed E-state index contributed by atoms with van der Waals surface area (Å²) >= 11 is 0. The summed E-state index contributed by atoms with van der Waals surface area (Å²) in [6.45, 7) is 1.03. The Kier molecular flexibility index (Phi) is 3.69. The molecule has 1 aromatic carbocycles. The average Bonchev–Trinajstić information content (AvgIpc) is 2.38. The van der Waals surface area contributed by atoms with Crippen LogP contribution in [-0.4, -0.2) is 23.1 Å². The van der Waals surface area contributed by atoms with Crippen molar-refractivity contribution in [3.05, 3.63) is 40.7 Å². The van der Waals surface area contributed by atoms with E-state index in [9.17, 15) is 10.1 Å². The van der Waals surface area contributed by atoms with E-state index < -0.39 is 4.92 Å². The van der Waals surface area contributed by atoms with Crippen molar-refractivity contribution in [2.75, 3.05) is 13.2 Å². The smallest absolute Gasteiger partial charge is 0.277 e. The Labute approximate surface area is 104 Å². The quantitative estimate of drug-likeness (QED) is 0.494. The summed E-state index contributed by atoms with van der Waals surface area (Å²) in [6, 6.07) is 4.65. The van der Waals surface area contributed by atoms with E-state index in [0.717, 1.165) is 6.42 Å². The maximum absolute atomic E-state index is 10.9. The first-order valence-corrected chi connectivity index (χ1v) is 5.58. The minimum absolute atomic E-state index is 0.0542. The zero-order chi connectivity index (χ0) is 13.0. The number of hydrogen-bond donors (Lipinski definition) is 1. The van der Waals surface area contributed by atoms with Crippen LogP contribution in [0.15, 0.2) is 30.6 Å². The zero-order valence-electron chi connectivity index (χ0n) is 9.70. The van der Waals surface area contributed by atoms with E-state index >= 15 is 0 Å². The standard InChI is InChI=1S/C12H13N3O3/c13-5-1-7-18-12-3-2-11(15(16)17)9-4-6-14-8-10(9)12/h2-4,6,8H,1,5,7,13H2. The lowest BCUT2D eigenvalue weighted by atomic mass is 10.1. The van der Waals surface area contributed by atoms with Crippen molar-refractivity contribution in [3.8, 4) is 5.75 Å². The van der Waals surface area contributed by atoms with Crippen LogP contribution in [0.3, 0.4) is 0 Å². The van der Waals surface area contributed by atoms with Crippen molar-refractivity contribution in [1.82, 2.24) is 4.98 Å². The van der Waals surface area contributed by atoms with Gasteiger partial charge in [-0.3, -0.25) is 15.1 Å². The first-order valence-electron chi connectivity index (χ1n) is 5.58. The molecule has 6 heteroatoms. The molecular weight excluding hydrogens is 234 g/mol. The molecular formula is C12H13N3O3. The normalized spacial score (nSPS) is 10.5. The summed E-state index contributed by atoms with van der Waals surface area (Å²) in [5.41, 5.74) is 5.44. The molecule has 0 saturated carbocycles. The van der Waals surface area contributed by atoms with E-state index in [2.05, 4.69) is 4.98 Å². The SMILES string of the molecule is NCCCOc1ccc([N+](=O)[O-])c2ccncc12. The van der Waals surface area contributed by atoms with Gasteiger partial charge in [-0.15, -0.1) is 0 Å². The van der Waals surface area contributed by atoms with Gasteiger partial charge in [0.1, 0.15) is 5.75 Å². The van der Waals surface area contributed by atoms with Crippen LogP contribution >= 0.6 is 0 Å². The van der Waals surface area contributed by atoms with Crippen molar-refractivity contribution >= 4 is 16.5 Å². The van der Waals surface area contributed by atoms with Crippen molar-refractivity contribution in [1.29, 1.82) is 0 Å². The molecule has 1 heterocycles. The Morgan fingerprint density at radius 2 is 2.17 bits per heavy atom. The maximum atomic E-state index is 10.9. The summed E-state index contributed by atoms with van der Waals surface area (Å²) in [6.07, 6.45) is 3.83. The van der Waals surface area contributed by atoms with Crippen molar-refractivity contribution in [3.63, 3.8) is 0 Å². The molecule has 0 saturated heterocycles. The van der Waals surface area contributed by atoms with Crippen molar-refractivity contribution in [2.24, 2.45) is 5.73 Å². The molecule has 18 heavy (non-hydrogen) atoms. The highest BCUT2D eigenvalue weighted by Gasteiger charge is 2.14. The lowest BCUT2D eigenvalue weighted by Crippen LogP contribution is -2.06. The highest BCUT2D eigenvalue weighted by Crippen LogP contribution is 2.32. The van der Waals surface area contributed by atoms with E-state index in [1.807, 2.05) is 0 Å². The highest BCUT2D eigenvalue weighted by atomic mass is 16.6. The second kappa shape index (κ2) is 5.42. The number of nitro benzene ring substituents is 1. The molecule has 0 radical (unpaired) electrons. The van der Waals surface area contributed by atoms with Crippen LogP contribution in [-0.2, 0) is 0 Å². The molecule has 94 valence electrons. The molecule has 0 bridgehead atoms. The van der Waals surface area contributed by atoms with Crippen LogP contribution < -0.4 is 10.5 Å². The van der Waals surface area contributed by atoms with Crippen LogP contribution in [0.2, 0.25) is 0 Å². The van der Waals surface area contributed by atoms with Gasteiger partial charge in [0.05, 0.1) is 16.9 Å². The molecule has 0 fully saturated rings. The van der Waals surface area contributed by atoms with Crippen LogP contribution in [0, 0.1) is 10.1 Å². The van der Waals surface area contributed by atoms with Crippen LogP contribution in [0.5, 0.6) is 5.75 Å². The molecule has 0 spiro atoms. The van der Waals surface area contributed by atoms with Gasteiger partial charge in [-0.05, 0) is 25.1 Å². The maximum Gasteiger partial charge on any atom is 0.277 e. The third-order valence-corrected chi connectivity index (χ3v) is 2.56. The lowest BCUT2D eigenvalue weighted by Gasteiger charge is -2.08. The molecule has 2 aromatic rings. The number of non-ortho nitro benzene ring substituents is 1. The summed E-state index contributed by atoms with van der Waals surface area (Å²) in [4.78, 5) is 14.5. The molecule has 0 amide bonds. The lowest BCUT2D eigenvalue weighted by molar-refractivity contribution is -0.383. The Morgan fingerprint density at radius 3 is 2.89 bits per heavy atom. The number of fused-ring (bicyclic) bond motifs is 1. The number of nitrogens with zero attached hydrogens (tertiary/aromatic N) is 2. The Hall–Kier alpha value is -2.21. The molecule has 0 aliphatic heterocycles. The number of nitrogens with two attached hydrogens (primary N) is 1. The molecule has 6 nitrogen and oxygen atoms in total. The third-order valence-electron chi connectivity index (χ3n) is 2.56. The fourth-order valence-electron chi connectivity index (χ4n) is 1.70. The van der Waals surface area contributed by atoms with Crippen molar-refractivity contribution in [2.45, 2.75) is 6.42 Å². The van der Waals surface area contributed by atoms with Gasteiger partial charge in [-0.1, -0.05) is 0 Å². The van der Waals surface area contributed by atoms with Crippen LogP contribution in [0.4, 0.5) is 5.69 Å². The van der Waals surface area contributed by atoms with Gasteiger partial charge in [-0.2, -0.15) is 0 Å². The summed E-state index contributed by atoms with van der Waals surface area (Å²) in [5, 5.41) is 12.1. The van der Waals surface area contributed by atoms with Gasteiger partial charge >= 0.3 is 0 Å². The number of hydrogen-bond acceptors (Lipinski definition) is 5. The Balaban J connectivity index is 2.44. The minimum atomic E-state index is -0.411.